The Hall–Kier alpha value is -7.74. The minimum Gasteiger partial charge on any atom is -0.208 e. The molecule has 0 radical (unpaired) electrons. The van der Waals surface area contributed by atoms with Crippen molar-refractivity contribution in [2.24, 2.45) is 0 Å². The van der Waals surface area contributed by atoms with E-state index in [9.17, 15) is 5.26 Å². The fourth-order valence-corrected chi connectivity index (χ4v) is 8.39. The number of aromatic nitrogens is 3. The van der Waals surface area contributed by atoms with E-state index in [0.717, 1.165) is 44.5 Å². The van der Waals surface area contributed by atoms with Gasteiger partial charge in [-0.25, -0.2) is 15.0 Å². The SMILES string of the molecule is N#Cc1cccc(-c2ccc(C3(c4ccc(-c5nc(-c6ccccc6)nc(-c6cccc(-c7ccccc7)c6)n5)cc4)c4ccccc4-c4ccccc43)cc2)c1. The van der Waals surface area contributed by atoms with Crippen LogP contribution in [0.25, 0.3) is 67.5 Å². The predicted molar refractivity (Wildman–Crippen MR) is 229 cm³/mol. The number of rotatable bonds is 7. The molecule has 4 heteroatoms. The molecule has 266 valence electrons. The molecule has 0 N–H and O–H groups in total. The lowest BCUT2D eigenvalue weighted by Gasteiger charge is -2.34. The summed E-state index contributed by atoms with van der Waals surface area (Å²) < 4.78 is 0. The molecule has 1 aliphatic rings. The summed E-state index contributed by atoms with van der Waals surface area (Å²) in [6.45, 7) is 0. The van der Waals surface area contributed by atoms with Crippen LogP contribution in [0.1, 0.15) is 27.8 Å². The van der Waals surface area contributed by atoms with Crippen LogP contribution in [0.15, 0.2) is 206 Å². The van der Waals surface area contributed by atoms with Gasteiger partial charge in [-0.2, -0.15) is 5.26 Å². The summed E-state index contributed by atoms with van der Waals surface area (Å²) in [4.78, 5) is 15.2. The second-order valence-electron chi connectivity index (χ2n) is 14.3. The average Bonchev–Trinajstić information content (AvgIpc) is 3.60. The smallest absolute Gasteiger partial charge is 0.164 e. The second kappa shape index (κ2) is 14.2. The van der Waals surface area contributed by atoms with E-state index in [-0.39, 0.29) is 0 Å². The molecule has 57 heavy (non-hydrogen) atoms. The lowest BCUT2D eigenvalue weighted by atomic mass is 9.67. The van der Waals surface area contributed by atoms with Gasteiger partial charge < -0.3 is 0 Å². The number of fused-ring (bicyclic) bond motifs is 3. The van der Waals surface area contributed by atoms with Crippen LogP contribution < -0.4 is 0 Å². The van der Waals surface area contributed by atoms with Gasteiger partial charge in [-0.05, 0) is 73.8 Å². The number of hydrogen-bond donors (Lipinski definition) is 0. The maximum absolute atomic E-state index is 9.55. The predicted octanol–water partition coefficient (Wildman–Crippen LogP) is 12.4. The molecule has 0 spiro atoms. The Balaban J connectivity index is 1.12. The molecule has 0 unspecified atom stereocenters. The van der Waals surface area contributed by atoms with E-state index in [2.05, 4.69) is 158 Å². The Morgan fingerprint density at radius 2 is 0.737 bits per heavy atom. The second-order valence-corrected chi connectivity index (χ2v) is 14.3. The Morgan fingerprint density at radius 3 is 1.32 bits per heavy atom. The summed E-state index contributed by atoms with van der Waals surface area (Å²) in [6.07, 6.45) is 0. The molecular formula is C53H34N4. The first-order valence-corrected chi connectivity index (χ1v) is 19.1. The molecule has 8 aromatic carbocycles. The van der Waals surface area contributed by atoms with Gasteiger partial charge in [0, 0.05) is 16.7 Å². The Labute approximate surface area is 332 Å². The summed E-state index contributed by atoms with van der Waals surface area (Å²) >= 11 is 0. The topological polar surface area (TPSA) is 62.5 Å². The van der Waals surface area contributed by atoms with Gasteiger partial charge >= 0.3 is 0 Å². The molecule has 0 fully saturated rings. The highest BCUT2D eigenvalue weighted by Gasteiger charge is 2.45. The highest BCUT2D eigenvalue weighted by molar-refractivity contribution is 5.86. The largest absolute Gasteiger partial charge is 0.208 e. The maximum Gasteiger partial charge on any atom is 0.164 e. The highest BCUT2D eigenvalue weighted by Crippen LogP contribution is 2.56. The van der Waals surface area contributed by atoms with Crippen LogP contribution in [0.2, 0.25) is 0 Å². The Kier molecular flexibility index (Phi) is 8.39. The zero-order valence-electron chi connectivity index (χ0n) is 30.9. The minimum absolute atomic E-state index is 0.573. The van der Waals surface area contributed by atoms with Gasteiger partial charge in [0.1, 0.15) is 0 Å². The van der Waals surface area contributed by atoms with Gasteiger partial charge in [0.15, 0.2) is 17.5 Å². The number of hydrogen-bond acceptors (Lipinski definition) is 4. The van der Waals surface area contributed by atoms with E-state index in [1.165, 1.54) is 27.8 Å². The molecule has 0 atom stereocenters. The monoisotopic (exact) mass is 726 g/mol. The molecule has 0 amide bonds. The lowest BCUT2D eigenvalue weighted by Crippen LogP contribution is -2.28. The number of nitrogens with zero attached hydrogens (tertiary/aromatic N) is 4. The van der Waals surface area contributed by atoms with Crippen molar-refractivity contribution in [1.29, 1.82) is 5.26 Å². The third-order valence-electron chi connectivity index (χ3n) is 11.1. The summed E-state index contributed by atoms with van der Waals surface area (Å²) in [5, 5.41) is 9.55. The van der Waals surface area contributed by atoms with Gasteiger partial charge in [0.2, 0.25) is 0 Å². The number of benzene rings is 8. The zero-order valence-corrected chi connectivity index (χ0v) is 30.9. The van der Waals surface area contributed by atoms with Crippen molar-refractivity contribution in [3.63, 3.8) is 0 Å². The average molecular weight is 727 g/mol. The van der Waals surface area contributed by atoms with Crippen molar-refractivity contribution in [3.8, 4) is 73.6 Å². The molecule has 9 aromatic rings. The molecule has 1 heterocycles. The summed E-state index contributed by atoms with van der Waals surface area (Å²) in [7, 11) is 0. The molecular weight excluding hydrogens is 693 g/mol. The Morgan fingerprint density at radius 1 is 0.333 bits per heavy atom. The van der Waals surface area contributed by atoms with Crippen molar-refractivity contribution in [2.75, 3.05) is 0 Å². The lowest BCUT2D eigenvalue weighted by molar-refractivity contribution is 0.768. The molecule has 10 rings (SSSR count). The Bertz CT molecular complexity index is 2900. The molecule has 1 aromatic heterocycles. The number of nitriles is 1. The normalized spacial score (nSPS) is 12.3. The van der Waals surface area contributed by atoms with Gasteiger partial charge in [-0.3, -0.25) is 0 Å². The molecule has 0 saturated heterocycles. The van der Waals surface area contributed by atoms with Crippen molar-refractivity contribution < 1.29 is 0 Å². The first kappa shape index (κ1) is 33.8. The third-order valence-corrected chi connectivity index (χ3v) is 11.1. The summed E-state index contributed by atoms with van der Waals surface area (Å²) in [5.41, 5.74) is 14.4. The van der Waals surface area contributed by atoms with E-state index in [1.807, 2.05) is 54.6 Å². The van der Waals surface area contributed by atoms with Crippen molar-refractivity contribution in [3.05, 3.63) is 234 Å². The van der Waals surface area contributed by atoms with E-state index in [1.54, 1.807) is 0 Å². The van der Waals surface area contributed by atoms with Crippen molar-refractivity contribution in [1.82, 2.24) is 15.0 Å². The summed E-state index contributed by atoms with van der Waals surface area (Å²) in [5.74, 6) is 1.86. The van der Waals surface area contributed by atoms with E-state index in [0.29, 0.717) is 23.0 Å². The maximum atomic E-state index is 9.55. The van der Waals surface area contributed by atoms with Crippen LogP contribution in [-0.2, 0) is 5.41 Å². The zero-order chi connectivity index (χ0) is 38.2. The first-order valence-electron chi connectivity index (χ1n) is 19.1. The van der Waals surface area contributed by atoms with E-state index >= 15 is 0 Å². The van der Waals surface area contributed by atoms with E-state index < -0.39 is 5.41 Å². The van der Waals surface area contributed by atoms with Gasteiger partial charge in [0.25, 0.3) is 0 Å². The highest BCUT2D eigenvalue weighted by atomic mass is 15.0. The molecule has 0 aliphatic heterocycles. The van der Waals surface area contributed by atoms with Crippen LogP contribution in [0, 0.1) is 11.3 Å². The van der Waals surface area contributed by atoms with Crippen LogP contribution in [0.4, 0.5) is 0 Å². The molecule has 0 bridgehead atoms. The minimum atomic E-state index is -0.573. The first-order chi connectivity index (χ1) is 28.2. The molecule has 1 aliphatic carbocycles. The summed E-state index contributed by atoms with van der Waals surface area (Å²) in [6, 6.07) is 74.1. The molecule has 4 nitrogen and oxygen atoms in total. The van der Waals surface area contributed by atoms with Crippen molar-refractivity contribution in [2.45, 2.75) is 5.41 Å². The molecule has 0 saturated carbocycles. The standard InChI is InChI=1S/C53H34N4/c54-35-36-13-11-18-41(33-36)38-25-29-44(30-26-38)53(48-23-9-7-21-46(48)47-22-8-10-24-49(47)53)45-31-27-40(28-32-45)51-55-50(39-16-5-2-6-17-39)56-52(57-51)43-20-12-19-42(34-43)37-14-3-1-4-15-37/h1-34H. The van der Waals surface area contributed by atoms with Crippen LogP contribution in [0.5, 0.6) is 0 Å². The van der Waals surface area contributed by atoms with Gasteiger partial charge in [0.05, 0.1) is 17.0 Å². The quantitative estimate of drug-likeness (QED) is 0.164. The van der Waals surface area contributed by atoms with E-state index in [4.69, 9.17) is 15.0 Å². The van der Waals surface area contributed by atoms with Crippen molar-refractivity contribution >= 4 is 0 Å². The van der Waals surface area contributed by atoms with Gasteiger partial charge in [-0.1, -0.05) is 188 Å². The fourth-order valence-electron chi connectivity index (χ4n) is 8.39. The fraction of sp³-hybridized carbons (Fsp3) is 0.0189. The van der Waals surface area contributed by atoms with Crippen LogP contribution >= 0.6 is 0 Å². The van der Waals surface area contributed by atoms with Gasteiger partial charge in [-0.15, -0.1) is 0 Å². The van der Waals surface area contributed by atoms with Crippen LogP contribution in [-0.4, -0.2) is 15.0 Å². The van der Waals surface area contributed by atoms with Crippen LogP contribution in [0.3, 0.4) is 0 Å². The third kappa shape index (κ3) is 5.90.